The van der Waals surface area contributed by atoms with Crippen molar-refractivity contribution in [2.45, 2.75) is 25.4 Å². The maximum Gasteiger partial charge on any atom is 0.415 e. The topological polar surface area (TPSA) is 32.8 Å². The third kappa shape index (κ3) is 1.80. The molecule has 0 unspecified atom stereocenters. The average molecular weight is 313 g/mol. The van der Waals surface area contributed by atoms with Crippen molar-refractivity contribution >= 4 is 34.0 Å². The van der Waals surface area contributed by atoms with Crippen LogP contribution in [0.2, 0.25) is 5.02 Å². The molecule has 2 bridgehead atoms. The van der Waals surface area contributed by atoms with E-state index in [0.717, 1.165) is 47.4 Å². The van der Waals surface area contributed by atoms with Gasteiger partial charge in [0.15, 0.2) is 0 Å². The molecule has 108 valence electrons. The number of ether oxygens (including phenoxy) is 1. The Balaban J connectivity index is 1.63. The maximum atomic E-state index is 12.3. The molecule has 5 heterocycles. The molecule has 1 atom stereocenters. The van der Waals surface area contributed by atoms with Crippen LogP contribution in [-0.4, -0.2) is 42.8 Å². The van der Waals surface area contributed by atoms with E-state index in [1.165, 1.54) is 0 Å². The Labute approximate surface area is 127 Å². The van der Waals surface area contributed by atoms with E-state index in [1.54, 1.807) is 16.2 Å². The molecule has 1 amide bonds. The van der Waals surface area contributed by atoms with Crippen molar-refractivity contribution in [3.05, 3.63) is 16.0 Å². The molecule has 0 saturated carbocycles. The van der Waals surface area contributed by atoms with E-state index in [-0.39, 0.29) is 11.7 Å². The van der Waals surface area contributed by atoms with Crippen LogP contribution in [0.4, 0.5) is 9.80 Å². The van der Waals surface area contributed by atoms with Crippen LogP contribution in [0, 0.1) is 12.8 Å². The summed E-state index contributed by atoms with van der Waals surface area (Å²) in [5.41, 5.74) is -0.294. The molecule has 0 aromatic carbocycles. The van der Waals surface area contributed by atoms with Crippen LogP contribution in [0.25, 0.3) is 0 Å². The SMILES string of the molecule is Cc1sc(N2C[C@@]3(CN4CCC3CC4)OC2=O)cc1Cl. The molecule has 1 spiro atoms. The van der Waals surface area contributed by atoms with Crippen LogP contribution < -0.4 is 4.90 Å². The summed E-state index contributed by atoms with van der Waals surface area (Å²) in [6, 6.07) is 1.88. The van der Waals surface area contributed by atoms with E-state index in [4.69, 9.17) is 16.3 Å². The van der Waals surface area contributed by atoms with Gasteiger partial charge in [0.1, 0.15) is 10.6 Å². The smallest absolute Gasteiger partial charge is 0.415 e. The largest absolute Gasteiger partial charge is 0.439 e. The summed E-state index contributed by atoms with van der Waals surface area (Å²) in [6.07, 6.45) is 2.08. The van der Waals surface area contributed by atoms with E-state index >= 15 is 0 Å². The molecular formula is C14H17ClN2O2S. The van der Waals surface area contributed by atoms with Gasteiger partial charge in [-0.05, 0) is 38.9 Å². The number of rotatable bonds is 1. The standard InChI is InChI=1S/C14H17ClN2O2S/c1-9-11(15)6-12(20-9)17-8-14(19-13(17)18)7-16-4-2-10(14)3-5-16/h6,10H,2-5,7-8H2,1H3/t14-/m1/s1. The number of fused-ring (bicyclic) bond motifs is 2. The highest BCUT2D eigenvalue weighted by molar-refractivity contribution is 7.16. The molecule has 4 aliphatic rings. The fourth-order valence-corrected chi connectivity index (χ4v) is 4.94. The predicted octanol–water partition coefficient (Wildman–Crippen LogP) is 3.13. The van der Waals surface area contributed by atoms with Gasteiger partial charge in [-0.3, -0.25) is 9.80 Å². The lowest BCUT2D eigenvalue weighted by Gasteiger charge is -2.49. The van der Waals surface area contributed by atoms with Crippen LogP contribution in [0.1, 0.15) is 17.7 Å². The number of hydrogen-bond acceptors (Lipinski definition) is 4. The molecule has 1 aromatic heterocycles. The second-order valence-corrected chi connectivity index (χ2v) is 7.70. The Morgan fingerprint density at radius 3 is 2.70 bits per heavy atom. The zero-order valence-electron chi connectivity index (χ0n) is 11.4. The van der Waals surface area contributed by atoms with Crippen LogP contribution >= 0.6 is 22.9 Å². The first kappa shape index (κ1) is 12.9. The average Bonchev–Trinajstić information content (AvgIpc) is 2.92. The summed E-state index contributed by atoms with van der Waals surface area (Å²) in [7, 11) is 0. The summed E-state index contributed by atoms with van der Waals surface area (Å²) >= 11 is 7.68. The third-order valence-electron chi connectivity index (χ3n) is 4.87. The Bertz CT molecular complexity index is 548. The second-order valence-electron chi connectivity index (χ2n) is 6.06. The highest BCUT2D eigenvalue weighted by atomic mass is 35.5. The monoisotopic (exact) mass is 312 g/mol. The van der Waals surface area contributed by atoms with Crippen molar-refractivity contribution in [1.29, 1.82) is 0 Å². The van der Waals surface area contributed by atoms with Gasteiger partial charge in [-0.15, -0.1) is 11.3 Å². The fourth-order valence-electron chi connectivity index (χ4n) is 3.76. The zero-order valence-corrected chi connectivity index (χ0v) is 13.0. The number of nitrogens with zero attached hydrogens (tertiary/aromatic N) is 2. The molecule has 5 rings (SSSR count). The van der Waals surface area contributed by atoms with Gasteiger partial charge in [0.25, 0.3) is 0 Å². The van der Waals surface area contributed by atoms with Gasteiger partial charge in [-0.25, -0.2) is 4.79 Å². The number of hydrogen-bond donors (Lipinski definition) is 0. The van der Waals surface area contributed by atoms with Crippen molar-refractivity contribution in [3.8, 4) is 0 Å². The van der Waals surface area contributed by atoms with E-state index in [0.29, 0.717) is 12.5 Å². The molecule has 4 nitrogen and oxygen atoms in total. The number of halogens is 1. The molecular weight excluding hydrogens is 296 g/mol. The lowest BCUT2D eigenvalue weighted by molar-refractivity contribution is -0.0881. The first-order valence-corrected chi connectivity index (χ1v) is 8.26. The lowest BCUT2D eigenvalue weighted by atomic mass is 9.75. The van der Waals surface area contributed by atoms with Crippen molar-refractivity contribution in [3.63, 3.8) is 0 Å². The van der Waals surface area contributed by atoms with E-state index < -0.39 is 0 Å². The number of thiophene rings is 1. The van der Waals surface area contributed by atoms with Crippen molar-refractivity contribution in [2.24, 2.45) is 5.92 Å². The minimum Gasteiger partial charge on any atom is -0.439 e. The normalized spacial score (nSPS) is 35.9. The number of carbonyl (C=O) groups excluding carboxylic acids is 1. The Hall–Kier alpha value is -0.780. The van der Waals surface area contributed by atoms with Crippen molar-refractivity contribution < 1.29 is 9.53 Å². The van der Waals surface area contributed by atoms with Gasteiger partial charge in [0.2, 0.25) is 0 Å². The van der Waals surface area contributed by atoms with E-state index in [1.807, 2.05) is 13.0 Å². The molecule has 0 aliphatic carbocycles. The van der Waals surface area contributed by atoms with Crippen LogP contribution in [0.15, 0.2) is 6.07 Å². The zero-order chi connectivity index (χ0) is 13.9. The minimum absolute atomic E-state index is 0.211. The summed E-state index contributed by atoms with van der Waals surface area (Å²) in [5, 5.41) is 1.64. The number of amides is 1. The lowest BCUT2D eigenvalue weighted by Crippen LogP contribution is -2.61. The molecule has 0 radical (unpaired) electrons. The van der Waals surface area contributed by atoms with Gasteiger partial charge in [0.05, 0.1) is 11.6 Å². The van der Waals surface area contributed by atoms with Gasteiger partial charge in [0, 0.05) is 17.3 Å². The summed E-state index contributed by atoms with van der Waals surface area (Å²) in [4.78, 5) is 17.5. The van der Waals surface area contributed by atoms with Gasteiger partial charge in [-0.1, -0.05) is 11.6 Å². The highest BCUT2D eigenvalue weighted by Gasteiger charge is 2.55. The third-order valence-corrected chi connectivity index (χ3v) is 6.45. The van der Waals surface area contributed by atoms with Crippen LogP contribution in [-0.2, 0) is 4.74 Å². The van der Waals surface area contributed by atoms with Crippen LogP contribution in [0.3, 0.4) is 0 Å². The molecule has 6 heteroatoms. The molecule has 4 aliphatic heterocycles. The summed E-state index contributed by atoms with van der Waals surface area (Å²) in [5.74, 6) is 0.512. The Morgan fingerprint density at radius 2 is 2.15 bits per heavy atom. The van der Waals surface area contributed by atoms with E-state index in [9.17, 15) is 4.79 Å². The quantitative estimate of drug-likeness (QED) is 0.798. The summed E-state index contributed by atoms with van der Waals surface area (Å²) in [6.45, 7) is 5.82. The van der Waals surface area contributed by atoms with Crippen molar-refractivity contribution in [2.75, 3.05) is 31.1 Å². The number of carbonyl (C=O) groups is 1. The van der Waals surface area contributed by atoms with E-state index in [2.05, 4.69) is 4.90 Å². The summed E-state index contributed by atoms with van der Waals surface area (Å²) < 4.78 is 5.85. The number of anilines is 1. The molecule has 4 fully saturated rings. The Morgan fingerprint density at radius 1 is 1.40 bits per heavy atom. The van der Waals surface area contributed by atoms with Crippen LogP contribution in [0.5, 0.6) is 0 Å². The molecule has 0 N–H and O–H groups in total. The maximum absolute atomic E-state index is 12.3. The first-order valence-electron chi connectivity index (χ1n) is 7.06. The molecule has 4 saturated heterocycles. The van der Waals surface area contributed by atoms with Gasteiger partial charge >= 0.3 is 6.09 Å². The number of aryl methyl sites for hydroxylation is 1. The second kappa shape index (κ2) is 4.36. The van der Waals surface area contributed by atoms with Gasteiger partial charge < -0.3 is 4.74 Å². The van der Waals surface area contributed by atoms with Gasteiger partial charge in [-0.2, -0.15) is 0 Å². The molecule has 20 heavy (non-hydrogen) atoms. The molecule has 1 aromatic rings. The number of piperidine rings is 3. The minimum atomic E-state index is -0.294. The highest BCUT2D eigenvalue weighted by Crippen LogP contribution is 2.45. The first-order chi connectivity index (χ1) is 9.57. The Kier molecular flexibility index (Phi) is 2.81. The predicted molar refractivity (Wildman–Crippen MR) is 79.8 cm³/mol. The fraction of sp³-hybridized carbons (Fsp3) is 0.643. The van der Waals surface area contributed by atoms with Crippen molar-refractivity contribution in [1.82, 2.24) is 4.90 Å².